The lowest BCUT2D eigenvalue weighted by Crippen LogP contribution is -2.35. The third-order valence-electron chi connectivity index (χ3n) is 8.64. The number of hydrogen-bond acceptors (Lipinski definition) is 13. The Hall–Kier alpha value is -8.36. The predicted octanol–water partition coefficient (Wildman–Crippen LogP) is 7.25. The molecule has 0 unspecified atom stereocenters. The summed E-state index contributed by atoms with van der Waals surface area (Å²) in [6.07, 6.45) is 4.76. The highest BCUT2D eigenvalue weighted by Gasteiger charge is 2.27. The zero-order chi connectivity index (χ0) is 47.0. The summed E-state index contributed by atoms with van der Waals surface area (Å²) in [5.41, 5.74) is 8.97. The van der Waals surface area contributed by atoms with Crippen LogP contribution in [0.1, 0.15) is 57.0 Å². The molecule has 0 spiro atoms. The number of nitrogens with one attached hydrogen (secondary N) is 1. The molecule has 1 fully saturated rings. The van der Waals surface area contributed by atoms with Gasteiger partial charge in [0.25, 0.3) is 0 Å². The van der Waals surface area contributed by atoms with Crippen molar-refractivity contribution in [3.8, 4) is 136 Å². The van der Waals surface area contributed by atoms with Crippen LogP contribution in [0.3, 0.4) is 0 Å². The van der Waals surface area contributed by atoms with Gasteiger partial charge in [0.05, 0.1) is 19.0 Å². The molecule has 2 N–H and O–H groups in total. The summed E-state index contributed by atoms with van der Waals surface area (Å²) in [5.74, 6) is 57.1. The molecule has 346 valence electrons. The minimum absolute atomic E-state index is 0. The number of ether oxygens (including phenoxy) is 2. The molecule has 4 aromatic rings. The van der Waals surface area contributed by atoms with Gasteiger partial charge in [-0.1, -0.05) is 29.0 Å². The normalized spacial score (nSPS) is 11.6. The fourth-order valence-corrected chi connectivity index (χ4v) is 7.35. The van der Waals surface area contributed by atoms with Crippen LogP contribution in [0.5, 0.6) is 5.75 Å². The summed E-state index contributed by atoms with van der Waals surface area (Å²) >= 11 is 4.90. The van der Waals surface area contributed by atoms with Crippen LogP contribution in [-0.2, 0) is 33.5 Å². The van der Waals surface area contributed by atoms with Gasteiger partial charge in [0.2, 0.25) is 0 Å². The monoisotopic (exact) mass is 932 g/mol. The molecule has 1 saturated heterocycles. The number of thiol groups is 1. The molecule has 0 saturated carbocycles. The van der Waals surface area contributed by atoms with Crippen molar-refractivity contribution >= 4 is 40.1 Å². The van der Waals surface area contributed by atoms with E-state index in [0.29, 0.717) is 18.1 Å². The van der Waals surface area contributed by atoms with Crippen LogP contribution < -0.4 is 10.4 Å². The van der Waals surface area contributed by atoms with Crippen LogP contribution in [0, 0.1) is 142 Å². The number of fused-ring (bicyclic) bond motifs is 5. The number of nitrogens with zero attached hydrogens (tertiary/aromatic N) is 9. The minimum Gasteiger partial charge on any atom is -0.497 e. The molecule has 5 heterocycles. The summed E-state index contributed by atoms with van der Waals surface area (Å²) in [4.78, 5) is 26.1. The van der Waals surface area contributed by atoms with Gasteiger partial charge in [0, 0.05) is 99.1 Å². The molecule has 0 atom stereocenters. The second-order valence-corrected chi connectivity index (χ2v) is 13.9. The lowest BCUT2D eigenvalue weighted by molar-refractivity contribution is -0.478. The van der Waals surface area contributed by atoms with Crippen molar-refractivity contribution in [1.29, 1.82) is 5.53 Å². The second kappa shape index (κ2) is 29.9. The van der Waals surface area contributed by atoms with Gasteiger partial charge in [0.1, 0.15) is 16.9 Å². The number of thiophene rings is 1. The summed E-state index contributed by atoms with van der Waals surface area (Å²) < 4.78 is 18.0. The second-order valence-electron chi connectivity index (χ2n) is 12.6. The van der Waals surface area contributed by atoms with Crippen molar-refractivity contribution < 1.29 is 38.3 Å². The van der Waals surface area contributed by atoms with E-state index in [-0.39, 0.29) is 25.3 Å². The van der Waals surface area contributed by atoms with Crippen molar-refractivity contribution in [1.82, 2.24) is 29.4 Å². The molecule has 0 aliphatic carbocycles. The van der Waals surface area contributed by atoms with Gasteiger partial charge in [0.15, 0.2) is 5.65 Å². The number of methoxy groups -OCH3 is 1. The molecule has 66 heavy (non-hydrogen) atoms. The quantitative estimate of drug-likeness (QED) is 0.0387. The van der Waals surface area contributed by atoms with E-state index in [0.717, 1.165) is 73.6 Å². The first-order valence-corrected chi connectivity index (χ1v) is 20.5. The summed E-state index contributed by atoms with van der Waals surface area (Å²) in [6, 6.07) is 7.87. The van der Waals surface area contributed by atoms with E-state index >= 15 is 0 Å². The Morgan fingerprint density at radius 2 is 1.44 bits per heavy atom. The van der Waals surface area contributed by atoms with Crippen LogP contribution >= 0.6 is 24.2 Å². The molecule has 0 radical (unpaired) electrons. The number of rotatable bonds is 9. The average molecular weight is 933 g/mol. The van der Waals surface area contributed by atoms with E-state index in [1.54, 1.807) is 32.3 Å². The average Bonchev–Trinajstić information content (AvgIpc) is 3.99. The first kappa shape index (κ1) is 50.3. The standard InChI is InChI=1S/C24H27N5O3S.C24H6.H3N5O3S.10H2/c1-31-18-4-2-16(3-5-18)13-28-23-21(22-25-15-26-29(22)24(28)30)19-6-9-27(14-20(19)33-23)12-17-7-10-32-11-8-17;1-3-5-7-9-11-13-15-17-19-21-23-24-22-20-18-16-14-12-10-8-6-4-2;1-2-3-4-5(7-6)8-9;;;;;;;;;;/h2-5,15,17H,6-14H2,1H3;1-2H3;1,6,9H;10*1H/b;;2-1?,4-3+;;;;;;;;;;. The van der Waals surface area contributed by atoms with Gasteiger partial charge in [-0.15, -0.1) is 11.3 Å². The molecule has 2 aliphatic heterocycles. The maximum absolute atomic E-state index is 13.4. The van der Waals surface area contributed by atoms with E-state index in [9.17, 15) is 4.79 Å². The topological polar surface area (TPSA) is 177 Å². The number of benzene rings is 1. The van der Waals surface area contributed by atoms with Crippen LogP contribution in [0.15, 0.2) is 51.1 Å². The number of hydrogen-bond donors (Lipinski definition) is 3. The zero-order valence-corrected chi connectivity index (χ0v) is 37.4. The Labute approximate surface area is 406 Å². The number of aromatic nitrogens is 4. The molecule has 2 aliphatic rings. The molecule has 16 nitrogen and oxygen atoms in total. The Morgan fingerprint density at radius 1 is 0.894 bits per heavy atom. The van der Waals surface area contributed by atoms with Crippen LogP contribution in [-0.4, -0.2) is 68.1 Å². The molecule has 18 heteroatoms. The molecule has 3 aromatic heterocycles. The van der Waals surface area contributed by atoms with E-state index in [1.165, 1.54) is 21.3 Å². The van der Waals surface area contributed by atoms with Gasteiger partial charge < -0.3 is 9.47 Å². The van der Waals surface area contributed by atoms with Gasteiger partial charge in [-0.2, -0.15) is 19.4 Å². The largest absolute Gasteiger partial charge is 0.497 e. The summed E-state index contributed by atoms with van der Waals surface area (Å²) in [5, 5.41) is 21.2. The Balaban J connectivity index is -0.000000199. The fraction of sp³-hybridized carbons (Fsp3) is 0.271. The van der Waals surface area contributed by atoms with Crippen molar-refractivity contribution in [2.24, 2.45) is 21.6 Å². The molecule has 6 rings (SSSR count). The van der Waals surface area contributed by atoms with Crippen molar-refractivity contribution in [3.63, 3.8) is 0 Å². The predicted molar refractivity (Wildman–Crippen MR) is 271 cm³/mol. The van der Waals surface area contributed by atoms with Crippen LogP contribution in [0.2, 0.25) is 0 Å². The Bertz CT molecular complexity index is 3130. The van der Waals surface area contributed by atoms with Crippen molar-refractivity contribution in [2.75, 3.05) is 33.4 Å². The molecular weight excluding hydrogens is 877 g/mol. The Kier molecular flexibility index (Phi) is 22.7. The SMILES string of the molecule is CC#CC#CC#CC#CC#CC#CC#CC#CC#CC#CC#CC.COc1ccc(Cn2c(=O)n3ncnc3c3c4c(sc32)CN(CC2CCOCC2)CC4)cc1.N=N/N=N/N(OO)OS.[HH].[HH].[HH].[HH].[HH].[HH].[HH].[HH].[HH].[HH]. The van der Waals surface area contributed by atoms with E-state index in [2.05, 4.69) is 183 Å². The van der Waals surface area contributed by atoms with Gasteiger partial charge >= 0.3 is 5.69 Å². The molecular formula is C48H56N10O6S2. The highest BCUT2D eigenvalue weighted by atomic mass is 32.1. The first-order valence-electron chi connectivity index (χ1n) is 19.3. The van der Waals surface area contributed by atoms with E-state index in [1.807, 2.05) is 28.8 Å². The van der Waals surface area contributed by atoms with Crippen LogP contribution in [0.4, 0.5) is 0 Å². The first-order chi connectivity index (χ1) is 32.5. The maximum atomic E-state index is 13.4. The maximum Gasteiger partial charge on any atom is 0.352 e. The fourth-order valence-electron chi connectivity index (χ4n) is 5.91. The van der Waals surface area contributed by atoms with Crippen molar-refractivity contribution in [2.45, 2.75) is 46.2 Å². The van der Waals surface area contributed by atoms with E-state index in [4.69, 9.17) is 20.3 Å². The lowest BCUT2D eigenvalue weighted by Gasteiger charge is -2.32. The Morgan fingerprint density at radius 3 is 1.92 bits per heavy atom. The van der Waals surface area contributed by atoms with Crippen LogP contribution in [0.25, 0.3) is 15.9 Å². The highest BCUT2D eigenvalue weighted by molar-refractivity contribution is 7.75. The smallest absolute Gasteiger partial charge is 0.352 e. The molecule has 1 aromatic carbocycles. The third-order valence-corrected chi connectivity index (χ3v) is 10.0. The highest BCUT2D eigenvalue weighted by Crippen LogP contribution is 2.37. The van der Waals surface area contributed by atoms with Gasteiger partial charge in [-0.3, -0.25) is 9.47 Å². The van der Waals surface area contributed by atoms with Gasteiger partial charge in [-0.25, -0.2) is 15.0 Å². The summed E-state index contributed by atoms with van der Waals surface area (Å²) in [7, 11) is 1.66. The van der Waals surface area contributed by atoms with Gasteiger partial charge in [-0.05, 0) is 167 Å². The third kappa shape index (κ3) is 16.7. The van der Waals surface area contributed by atoms with Crippen molar-refractivity contribution in [3.05, 3.63) is 57.1 Å². The summed E-state index contributed by atoms with van der Waals surface area (Å²) in [6.45, 7) is 8.74. The van der Waals surface area contributed by atoms with E-state index < -0.39 is 0 Å². The molecule has 0 amide bonds. The molecule has 0 bridgehead atoms. The zero-order valence-electron chi connectivity index (χ0n) is 35.7. The minimum atomic E-state index is -0.150. The lowest BCUT2D eigenvalue weighted by atomic mass is 9.98.